The van der Waals surface area contributed by atoms with Crippen molar-refractivity contribution in [2.75, 3.05) is 9.80 Å². The summed E-state index contributed by atoms with van der Waals surface area (Å²) in [7, 11) is 0. The van der Waals surface area contributed by atoms with Gasteiger partial charge in [-0.1, -0.05) is 152 Å². The molecule has 17 rings (SSSR count). The van der Waals surface area contributed by atoms with Crippen LogP contribution in [0.4, 0.5) is 34.3 Å². The number of ether oxygens (including phenoxy) is 1. The van der Waals surface area contributed by atoms with Gasteiger partial charge in [0.1, 0.15) is 0 Å². The van der Waals surface area contributed by atoms with E-state index in [1.165, 1.54) is 0 Å². The van der Waals surface area contributed by atoms with Crippen LogP contribution in [0.5, 0.6) is 11.5 Å². The summed E-state index contributed by atoms with van der Waals surface area (Å²) in [5.74, 6) is 1.42. The number of aryl methyl sites for hydroxylation is 1. The molecule has 0 unspecified atom stereocenters. The number of para-hydroxylation sites is 5. The van der Waals surface area contributed by atoms with Gasteiger partial charge in [0.05, 0.1) is 18.2 Å². The Labute approximate surface area is 558 Å². The summed E-state index contributed by atoms with van der Waals surface area (Å²) >= 11 is 2.46. The van der Waals surface area contributed by atoms with Crippen LogP contribution in [0, 0.1) is 22.9 Å². The number of hydrogen-bond acceptors (Lipinski definition) is 4. The average molecular weight is 1380 g/mol. The smallest absolute Gasteiger partial charge is 0.310 e. The molecule has 0 aliphatic carbocycles. The van der Waals surface area contributed by atoms with Gasteiger partial charge in [-0.2, -0.15) is 0 Å². The first kappa shape index (κ1) is 50.3. The number of aromatic nitrogens is 3. The molecule has 4 heterocycles. The molecule has 444 valence electrons. The minimum absolute atomic E-state index is 0.0844. The topological polar surface area (TPSA) is 38.5 Å². The molecule has 7 heteroatoms. The van der Waals surface area contributed by atoms with Crippen LogP contribution < -0.4 is 14.5 Å². The number of fused-ring (bicyclic) bond motifs is 9. The van der Waals surface area contributed by atoms with E-state index in [1.54, 1.807) is 6.20 Å². The van der Waals surface area contributed by atoms with E-state index < -0.39 is 23.5 Å². The third kappa shape index (κ3) is 9.36. The Hall–Kier alpha value is -11.4. The number of nitrogens with zero attached hydrogens (tertiary/aromatic N) is 5. The van der Waals surface area contributed by atoms with Crippen LogP contribution in [0.15, 0.2) is 328 Å². The molecule has 6 nitrogen and oxygen atoms in total. The van der Waals surface area contributed by atoms with E-state index in [4.69, 9.17) is 16.6 Å². The molecule has 0 bridgehead atoms. The normalized spacial score (nSPS) is 13.4. The molecular formula is C86H57N5OPt-2. The van der Waals surface area contributed by atoms with E-state index >= 15 is 0 Å². The fourth-order valence-corrected chi connectivity index (χ4v) is 15.1. The Kier molecular flexibility index (Phi) is 12.5. The van der Waals surface area contributed by atoms with Gasteiger partial charge in [0.2, 0.25) is 0 Å². The monoisotopic (exact) mass is 1380 g/mol. The summed E-state index contributed by atoms with van der Waals surface area (Å²) < 4.78 is 56.5. The number of hydrogen-bond donors (Lipinski definition) is 0. The van der Waals surface area contributed by atoms with Gasteiger partial charge in [-0.15, -0.1) is 0 Å². The number of anilines is 6. The molecule has 0 saturated carbocycles. The van der Waals surface area contributed by atoms with Gasteiger partial charge in [-0.3, -0.25) is 0 Å². The molecule has 1 spiro atoms. The van der Waals surface area contributed by atoms with Gasteiger partial charge in [-0.05, 0) is 64.6 Å². The van der Waals surface area contributed by atoms with Gasteiger partial charge < -0.3 is 4.90 Å². The predicted molar refractivity (Wildman–Crippen MR) is 375 cm³/mol. The Morgan fingerprint density at radius 3 is 1.54 bits per heavy atom. The molecule has 0 saturated heterocycles. The maximum atomic E-state index is 9.03. The van der Waals surface area contributed by atoms with Crippen molar-refractivity contribution in [2.45, 2.75) is 12.3 Å². The molecule has 13 aromatic carbocycles. The van der Waals surface area contributed by atoms with Crippen molar-refractivity contribution < 1.29 is 30.9 Å². The first-order valence-electron chi connectivity index (χ1n) is 33.4. The summed E-state index contributed by atoms with van der Waals surface area (Å²) in [5.41, 5.74) is 21.2. The molecule has 0 radical (unpaired) electrons. The summed E-state index contributed by atoms with van der Waals surface area (Å²) in [5, 5.41) is 0. The minimum Gasteiger partial charge on any atom is -0.310 e. The molecular weight excluding hydrogens is 1310 g/mol. The summed E-state index contributed by atoms with van der Waals surface area (Å²) in [6, 6.07) is 108. The average Bonchev–Trinajstić information content (AvgIpc) is 0.805. The first-order chi connectivity index (χ1) is 48.0. The van der Waals surface area contributed by atoms with Crippen LogP contribution in [0.3, 0.4) is 0 Å². The molecule has 2 aromatic heterocycles. The van der Waals surface area contributed by atoms with Crippen LogP contribution in [0.25, 0.3) is 78.0 Å². The van der Waals surface area contributed by atoms with Crippen molar-refractivity contribution in [1.82, 2.24) is 14.1 Å². The van der Waals surface area contributed by atoms with E-state index in [2.05, 4.69) is 305 Å². The van der Waals surface area contributed by atoms with Crippen LogP contribution in [0.2, 0.25) is 0 Å². The molecule has 15 aromatic rings. The van der Waals surface area contributed by atoms with Crippen molar-refractivity contribution >= 4 is 45.3 Å². The van der Waals surface area contributed by atoms with E-state index in [-0.39, 0.29) is 17.6 Å². The number of rotatable bonds is 11. The molecule has 2 aliphatic rings. The van der Waals surface area contributed by atoms with E-state index in [1.807, 2.05) is 43.3 Å². The summed E-state index contributed by atoms with van der Waals surface area (Å²) in [4.78, 5) is 9.78. The minimum atomic E-state index is -1.02. The Morgan fingerprint density at radius 2 is 0.925 bits per heavy atom. The molecule has 0 fully saturated rings. The number of pyridine rings is 1. The van der Waals surface area contributed by atoms with Gasteiger partial charge in [0.15, 0.2) is 0 Å². The Morgan fingerprint density at radius 1 is 0.409 bits per heavy atom. The Bertz CT molecular complexity index is 5550. The van der Waals surface area contributed by atoms with Crippen LogP contribution in [-0.4, -0.2) is 14.1 Å². The molecule has 93 heavy (non-hydrogen) atoms. The zero-order valence-electron chi connectivity index (χ0n) is 55.3. The summed E-state index contributed by atoms with van der Waals surface area (Å²) in [6.07, 6.45) is 1.63. The van der Waals surface area contributed by atoms with Crippen LogP contribution >= 0.6 is 0 Å². The summed E-state index contributed by atoms with van der Waals surface area (Å²) in [6.45, 7) is 1.90. The van der Waals surface area contributed by atoms with Crippen molar-refractivity contribution in [3.8, 4) is 78.5 Å². The second kappa shape index (κ2) is 23.1. The van der Waals surface area contributed by atoms with Crippen LogP contribution in [-0.2, 0) is 24.8 Å². The van der Waals surface area contributed by atoms with Gasteiger partial charge in [0, 0.05) is 17.4 Å². The molecule has 0 N–H and O–H groups in total. The second-order valence-electron chi connectivity index (χ2n) is 23.2. The first-order valence-corrected chi connectivity index (χ1v) is 32.1. The zero-order chi connectivity index (χ0) is 66.3. The van der Waals surface area contributed by atoms with E-state index in [0.29, 0.717) is 34.1 Å². The maximum absolute atomic E-state index is 9.03. The molecule has 0 amide bonds. The van der Waals surface area contributed by atoms with Crippen molar-refractivity contribution in [3.63, 3.8) is 0 Å². The van der Waals surface area contributed by atoms with Gasteiger partial charge in [0.25, 0.3) is 0 Å². The SMILES string of the molecule is [2H]c1c([2H])c([2H])c(-c2cnc(N3c4[c-]c(Oc5[c-]c(-n6[c](=[Pt])n(-c7c(-c8ccccc8)cccc7-c7ccccc7)c7ccccc76)ccc5)ccc4C4(c5ccccc53)c3ccc(-c5ccccc5)cc3N(c3ccccc3)c3cc(-c5ccccc5)ccc34)cc2C)c([2H])c1[2H]. The van der Waals surface area contributed by atoms with Gasteiger partial charge in [-0.25, -0.2) is 0 Å². The van der Waals surface area contributed by atoms with Crippen molar-refractivity contribution in [2.24, 2.45) is 0 Å². The zero-order valence-corrected chi connectivity index (χ0v) is 52.5. The van der Waals surface area contributed by atoms with Crippen LogP contribution in [0.1, 0.15) is 34.7 Å². The standard InChI is InChI=1S/C86H57N5O.Pt/c1-59-52-84(87-57-73(59)64-34-16-6-17-35-64)91-78-43-21-20-42-74(78)86(75-49-46-65(60-26-8-2-9-27-60)53-81(75)90(67-36-18-7-19-37-67)82-54-66(47-50-76(82)86)61-28-10-3-11-29-61)77-51-48-70(56-83(77)91)92-69-39-24-38-68(55-69)88-58-89(80-45-23-22-44-79(80)88)85-71(62-30-12-4-13-31-62)40-25-41-72(85)63-32-14-5-15-33-63;/h2-54,57H,1H3;/q-2;/i6D,16D,17D,34D,35D;. The van der Waals surface area contributed by atoms with E-state index in [0.717, 1.165) is 116 Å². The fraction of sp³-hybridized carbons (Fsp3) is 0.0233. The fourth-order valence-electron chi connectivity index (χ4n) is 14.0. The third-order valence-electron chi connectivity index (χ3n) is 18.0. The van der Waals surface area contributed by atoms with E-state index in [9.17, 15) is 0 Å². The molecule has 0 atom stereocenters. The quantitative estimate of drug-likeness (QED) is 0.121. The third-order valence-corrected chi connectivity index (χ3v) is 19.0. The predicted octanol–water partition coefficient (Wildman–Crippen LogP) is 21.9. The van der Waals surface area contributed by atoms with Gasteiger partial charge >= 0.3 is 306 Å². The molecule has 2 aliphatic heterocycles. The second-order valence-corrected chi connectivity index (χ2v) is 24.3. The number of imidazole rings is 1. The van der Waals surface area contributed by atoms with Crippen molar-refractivity contribution in [1.29, 1.82) is 0 Å². The Balaban J connectivity index is 0.884. The number of benzene rings is 13. The van der Waals surface area contributed by atoms with Crippen molar-refractivity contribution in [3.05, 3.63) is 371 Å².